The van der Waals surface area contributed by atoms with Gasteiger partial charge in [-0.25, -0.2) is 0 Å². The van der Waals surface area contributed by atoms with E-state index >= 15 is 0 Å². The van der Waals surface area contributed by atoms with Crippen molar-refractivity contribution in [1.82, 2.24) is 0 Å². The van der Waals surface area contributed by atoms with Gasteiger partial charge in [-0.1, -0.05) is 6.07 Å². The van der Waals surface area contributed by atoms with Crippen LogP contribution >= 0.6 is 0 Å². The summed E-state index contributed by atoms with van der Waals surface area (Å²) in [5.74, 6) is -0.555. The van der Waals surface area contributed by atoms with E-state index in [1.165, 1.54) is 0 Å². The van der Waals surface area contributed by atoms with Crippen LogP contribution in [0.25, 0.3) is 0 Å². The number of carbonyl (C=O) groups is 1. The van der Waals surface area contributed by atoms with Gasteiger partial charge in [0.2, 0.25) is 0 Å². The number of hydrogen-bond acceptors (Lipinski definition) is 1. The fraction of sp³-hybridized carbons (Fsp3) is 0.364. The molecule has 0 saturated carbocycles. The third kappa shape index (κ3) is 3.48. The fourth-order valence-corrected chi connectivity index (χ4v) is 1.44. The molecule has 1 aromatic carbocycles. The molecule has 0 N–H and O–H groups in total. The Morgan fingerprint density at radius 2 is 1.61 bits per heavy atom. The molecule has 0 spiro atoms. The van der Waals surface area contributed by atoms with E-state index in [9.17, 15) is 31.1 Å². The molecule has 0 amide bonds. The molecule has 0 aromatic heterocycles. The third-order valence-electron chi connectivity index (χ3n) is 2.18. The number of halogens is 6. The van der Waals surface area contributed by atoms with E-state index in [1.807, 2.05) is 0 Å². The van der Waals surface area contributed by atoms with Gasteiger partial charge < -0.3 is 0 Å². The lowest BCUT2D eigenvalue weighted by Crippen LogP contribution is -2.14. The maximum absolute atomic E-state index is 12.6. The van der Waals surface area contributed by atoms with Crippen molar-refractivity contribution in [3.63, 3.8) is 0 Å². The lowest BCUT2D eigenvalue weighted by Gasteiger charge is -2.15. The molecule has 0 fully saturated rings. The summed E-state index contributed by atoms with van der Waals surface area (Å²) in [5.41, 5.74) is -3.27. The van der Waals surface area contributed by atoms with Crippen LogP contribution in [-0.4, -0.2) is 5.78 Å². The molecule has 0 bridgehead atoms. The SMILES string of the molecule is CC(=O)Cc1ccc(C(F)(F)F)cc1C(F)(F)F. The molecule has 0 radical (unpaired) electrons. The maximum Gasteiger partial charge on any atom is 0.416 e. The highest BCUT2D eigenvalue weighted by Crippen LogP contribution is 2.37. The monoisotopic (exact) mass is 270 g/mol. The molecule has 0 aliphatic carbocycles. The minimum absolute atomic E-state index is 0.0261. The van der Waals surface area contributed by atoms with E-state index in [0.29, 0.717) is 12.1 Å². The van der Waals surface area contributed by atoms with E-state index in [0.717, 1.165) is 6.92 Å². The van der Waals surface area contributed by atoms with Crippen LogP contribution < -0.4 is 0 Å². The van der Waals surface area contributed by atoms with Crippen LogP contribution in [0.4, 0.5) is 26.3 Å². The normalized spacial score (nSPS) is 12.6. The Bertz CT molecular complexity index is 458. The standard InChI is InChI=1S/C11H8F6O/c1-6(18)4-7-2-3-8(10(12,13)14)5-9(7)11(15,16)17/h2-3,5H,4H2,1H3. The quantitative estimate of drug-likeness (QED) is 0.746. The second kappa shape index (κ2) is 4.62. The van der Waals surface area contributed by atoms with Crippen molar-refractivity contribution in [3.05, 3.63) is 34.9 Å². The Labute approximate surface area is 98.4 Å². The van der Waals surface area contributed by atoms with Gasteiger partial charge in [0, 0.05) is 6.42 Å². The maximum atomic E-state index is 12.6. The van der Waals surface area contributed by atoms with Gasteiger partial charge in [0.1, 0.15) is 5.78 Å². The van der Waals surface area contributed by atoms with E-state index < -0.39 is 41.2 Å². The van der Waals surface area contributed by atoms with Gasteiger partial charge in [0.05, 0.1) is 11.1 Å². The summed E-state index contributed by atoms with van der Waals surface area (Å²) in [6.07, 6.45) is -10.3. The molecule has 1 nitrogen and oxygen atoms in total. The average Bonchev–Trinajstić information content (AvgIpc) is 2.13. The molecular weight excluding hydrogens is 262 g/mol. The molecule has 0 unspecified atom stereocenters. The van der Waals surface area contributed by atoms with Crippen LogP contribution in [0.15, 0.2) is 18.2 Å². The lowest BCUT2D eigenvalue weighted by atomic mass is 9.99. The number of Topliss-reactive ketones (excluding diaryl/α,β-unsaturated/α-hetero) is 1. The number of rotatable bonds is 2. The van der Waals surface area contributed by atoms with Gasteiger partial charge in [0.25, 0.3) is 0 Å². The molecule has 18 heavy (non-hydrogen) atoms. The molecule has 0 heterocycles. The third-order valence-corrected chi connectivity index (χ3v) is 2.18. The first-order valence-electron chi connectivity index (χ1n) is 4.78. The van der Waals surface area contributed by atoms with Crippen molar-refractivity contribution in [3.8, 4) is 0 Å². The molecular formula is C11H8F6O. The smallest absolute Gasteiger partial charge is 0.300 e. The lowest BCUT2D eigenvalue weighted by molar-refractivity contribution is -0.143. The molecule has 0 atom stereocenters. The van der Waals surface area contributed by atoms with Crippen LogP contribution in [0.2, 0.25) is 0 Å². The van der Waals surface area contributed by atoms with E-state index in [-0.39, 0.29) is 6.07 Å². The van der Waals surface area contributed by atoms with Gasteiger partial charge in [-0.15, -0.1) is 0 Å². The summed E-state index contributed by atoms with van der Waals surface area (Å²) in [6.45, 7) is 1.07. The van der Waals surface area contributed by atoms with Crippen LogP contribution in [-0.2, 0) is 23.6 Å². The van der Waals surface area contributed by atoms with Crippen LogP contribution in [0, 0.1) is 0 Å². The van der Waals surface area contributed by atoms with Crippen molar-refractivity contribution in [2.45, 2.75) is 25.7 Å². The molecule has 0 aliphatic rings. The van der Waals surface area contributed by atoms with Crippen molar-refractivity contribution in [1.29, 1.82) is 0 Å². The average molecular weight is 270 g/mol. The van der Waals surface area contributed by atoms with Crippen molar-refractivity contribution in [2.75, 3.05) is 0 Å². The predicted octanol–water partition coefficient (Wildman–Crippen LogP) is 3.86. The fourth-order valence-electron chi connectivity index (χ4n) is 1.44. The zero-order valence-corrected chi connectivity index (χ0v) is 9.12. The Hall–Kier alpha value is -1.53. The molecule has 7 heteroatoms. The first kappa shape index (κ1) is 14.5. The minimum Gasteiger partial charge on any atom is -0.300 e. The number of hydrogen-bond donors (Lipinski definition) is 0. The number of carbonyl (C=O) groups excluding carboxylic acids is 1. The van der Waals surface area contributed by atoms with E-state index in [4.69, 9.17) is 0 Å². The first-order valence-corrected chi connectivity index (χ1v) is 4.78. The Morgan fingerprint density at radius 3 is 2.00 bits per heavy atom. The summed E-state index contributed by atoms with van der Waals surface area (Å²) in [6, 6.07) is 1.25. The van der Waals surface area contributed by atoms with Crippen molar-refractivity contribution >= 4 is 5.78 Å². The molecule has 0 saturated heterocycles. The Morgan fingerprint density at radius 1 is 1.06 bits per heavy atom. The van der Waals surface area contributed by atoms with Crippen molar-refractivity contribution < 1.29 is 31.1 Å². The minimum atomic E-state index is -4.92. The molecule has 1 rings (SSSR count). The Kier molecular flexibility index (Phi) is 3.73. The predicted molar refractivity (Wildman–Crippen MR) is 50.8 cm³/mol. The molecule has 1 aromatic rings. The van der Waals surface area contributed by atoms with Gasteiger partial charge in [0.15, 0.2) is 0 Å². The summed E-state index contributed by atoms with van der Waals surface area (Å²) < 4.78 is 74.7. The highest BCUT2D eigenvalue weighted by molar-refractivity contribution is 5.78. The topological polar surface area (TPSA) is 17.1 Å². The largest absolute Gasteiger partial charge is 0.416 e. The van der Waals surface area contributed by atoms with Gasteiger partial charge in [-0.3, -0.25) is 4.79 Å². The van der Waals surface area contributed by atoms with E-state index in [1.54, 1.807) is 0 Å². The van der Waals surface area contributed by atoms with E-state index in [2.05, 4.69) is 0 Å². The number of ketones is 1. The second-order valence-electron chi connectivity index (χ2n) is 3.75. The van der Waals surface area contributed by atoms with Crippen LogP contribution in [0.3, 0.4) is 0 Å². The van der Waals surface area contributed by atoms with Gasteiger partial charge in [-0.05, 0) is 24.6 Å². The summed E-state index contributed by atoms with van der Waals surface area (Å²) >= 11 is 0. The van der Waals surface area contributed by atoms with Crippen molar-refractivity contribution in [2.24, 2.45) is 0 Å². The highest BCUT2D eigenvalue weighted by atomic mass is 19.4. The first-order chi connectivity index (χ1) is 8.01. The number of alkyl halides is 6. The second-order valence-corrected chi connectivity index (χ2v) is 3.75. The number of benzene rings is 1. The van der Waals surface area contributed by atoms with Crippen LogP contribution in [0.1, 0.15) is 23.6 Å². The van der Waals surface area contributed by atoms with Gasteiger partial charge in [-0.2, -0.15) is 26.3 Å². The summed E-state index contributed by atoms with van der Waals surface area (Å²) in [5, 5.41) is 0. The highest BCUT2D eigenvalue weighted by Gasteiger charge is 2.38. The summed E-state index contributed by atoms with van der Waals surface area (Å²) in [4.78, 5) is 10.8. The zero-order valence-electron chi connectivity index (χ0n) is 9.12. The van der Waals surface area contributed by atoms with Gasteiger partial charge >= 0.3 is 12.4 Å². The molecule has 100 valence electrons. The Balaban J connectivity index is 3.34. The summed E-state index contributed by atoms with van der Waals surface area (Å²) in [7, 11) is 0. The molecule has 0 aliphatic heterocycles. The van der Waals surface area contributed by atoms with Crippen LogP contribution in [0.5, 0.6) is 0 Å². The zero-order chi connectivity index (χ0) is 14.1.